The Balaban J connectivity index is 0.000000188. The molecule has 0 spiro atoms. The van der Waals surface area contributed by atoms with Gasteiger partial charge in [-0.15, -0.1) is 0 Å². The molecule has 4 rings (SSSR count). The Morgan fingerprint density at radius 3 is 2.29 bits per heavy atom. The molecule has 0 aromatic heterocycles. The van der Waals surface area contributed by atoms with Gasteiger partial charge >= 0.3 is 0 Å². The van der Waals surface area contributed by atoms with Gasteiger partial charge in [-0.2, -0.15) is 0 Å². The summed E-state index contributed by atoms with van der Waals surface area (Å²) in [4.78, 5) is 22.6. The minimum absolute atomic E-state index is 0.0170. The number of halogens is 1. The van der Waals surface area contributed by atoms with Crippen LogP contribution in [-0.4, -0.2) is 49.5 Å². The molecule has 2 atom stereocenters. The third-order valence-corrected chi connectivity index (χ3v) is 5.21. The molecular formula is C20H23FN4O3. The predicted octanol–water partition coefficient (Wildman–Crippen LogP) is 2.74. The number of amides is 1. The molecule has 0 aliphatic carbocycles. The smallest absolute Gasteiger partial charge is 0.292 e. The zero-order valence-electron chi connectivity index (χ0n) is 15.6. The van der Waals surface area contributed by atoms with E-state index in [2.05, 4.69) is 10.6 Å². The largest absolute Gasteiger partial charge is 0.383 e. The molecule has 2 aliphatic rings. The predicted molar refractivity (Wildman–Crippen MR) is 106 cm³/mol. The fourth-order valence-corrected chi connectivity index (χ4v) is 3.70. The summed E-state index contributed by atoms with van der Waals surface area (Å²) in [6.45, 7) is 4.16. The molecule has 8 heteroatoms. The van der Waals surface area contributed by atoms with Crippen LogP contribution in [-0.2, 0) is 4.79 Å². The lowest BCUT2D eigenvalue weighted by Gasteiger charge is -2.08. The highest BCUT2D eigenvalue weighted by molar-refractivity contribution is 5.73. The number of benzene rings is 2. The second-order valence-corrected chi connectivity index (χ2v) is 6.98. The van der Waals surface area contributed by atoms with Crippen molar-refractivity contribution in [2.45, 2.75) is 0 Å². The van der Waals surface area contributed by atoms with Crippen molar-refractivity contribution in [2.75, 3.05) is 38.5 Å². The molecule has 2 aromatic carbocycles. The van der Waals surface area contributed by atoms with Crippen molar-refractivity contribution in [2.24, 2.45) is 11.8 Å². The van der Waals surface area contributed by atoms with E-state index in [1.54, 1.807) is 31.3 Å². The molecule has 0 saturated carbocycles. The third kappa shape index (κ3) is 4.45. The number of carbonyl (C=O) groups excluding carboxylic acids is 1. The van der Waals surface area contributed by atoms with Crippen molar-refractivity contribution >= 4 is 17.8 Å². The van der Waals surface area contributed by atoms with Crippen LogP contribution in [0.1, 0.15) is 0 Å². The highest BCUT2D eigenvalue weighted by Gasteiger charge is 2.35. The lowest BCUT2D eigenvalue weighted by Crippen LogP contribution is -2.24. The zero-order chi connectivity index (χ0) is 20.1. The van der Waals surface area contributed by atoms with Gasteiger partial charge in [0.1, 0.15) is 11.5 Å². The Bertz CT molecular complexity index is 832. The summed E-state index contributed by atoms with van der Waals surface area (Å²) < 4.78 is 12.8. The van der Waals surface area contributed by atoms with Crippen molar-refractivity contribution in [3.63, 3.8) is 0 Å². The van der Waals surface area contributed by atoms with Gasteiger partial charge in [-0.3, -0.25) is 14.9 Å². The topological polar surface area (TPSA) is 87.5 Å². The summed E-state index contributed by atoms with van der Waals surface area (Å²) in [6.07, 6.45) is 0.971. The number of anilines is 1. The van der Waals surface area contributed by atoms with Gasteiger partial charge in [0.25, 0.3) is 5.69 Å². The molecule has 2 aliphatic heterocycles. The highest BCUT2D eigenvalue weighted by atomic mass is 19.1. The Kier molecular flexibility index (Phi) is 6.20. The van der Waals surface area contributed by atoms with E-state index in [-0.39, 0.29) is 11.5 Å². The molecule has 0 bridgehead atoms. The van der Waals surface area contributed by atoms with Crippen LogP contribution < -0.4 is 10.6 Å². The Labute approximate surface area is 162 Å². The number of nitrogens with zero attached hydrogens (tertiary/aromatic N) is 2. The minimum Gasteiger partial charge on any atom is -0.383 e. The number of hydrogen-bond acceptors (Lipinski definition) is 5. The SMILES string of the molecule is CNc1cc(-c2ccc(F)cc2)ccc1[N+](=O)[O-].O=CN1CC2CNCC2C1. The maximum atomic E-state index is 12.8. The average molecular weight is 386 g/mol. The van der Waals surface area contributed by atoms with Crippen LogP contribution in [0.25, 0.3) is 11.1 Å². The van der Waals surface area contributed by atoms with Crippen LogP contribution >= 0.6 is 0 Å². The molecule has 0 radical (unpaired) electrons. The van der Waals surface area contributed by atoms with Crippen molar-refractivity contribution in [1.82, 2.24) is 10.2 Å². The van der Waals surface area contributed by atoms with Gasteiger partial charge in [0.05, 0.1) is 4.92 Å². The fraction of sp³-hybridized carbons (Fsp3) is 0.350. The van der Waals surface area contributed by atoms with Gasteiger partial charge < -0.3 is 15.5 Å². The Hall–Kier alpha value is -3.00. The molecule has 2 saturated heterocycles. The van der Waals surface area contributed by atoms with Gasteiger partial charge in [0, 0.05) is 39.3 Å². The van der Waals surface area contributed by atoms with Crippen molar-refractivity contribution in [1.29, 1.82) is 0 Å². The average Bonchev–Trinajstić information content (AvgIpc) is 3.30. The van der Waals surface area contributed by atoms with E-state index >= 15 is 0 Å². The van der Waals surface area contributed by atoms with Crippen molar-refractivity contribution < 1.29 is 14.1 Å². The van der Waals surface area contributed by atoms with Crippen LogP contribution in [0.5, 0.6) is 0 Å². The van der Waals surface area contributed by atoms with Crippen LogP contribution in [0, 0.1) is 27.8 Å². The monoisotopic (exact) mass is 386 g/mol. The van der Waals surface area contributed by atoms with E-state index in [0.717, 1.165) is 55.6 Å². The quantitative estimate of drug-likeness (QED) is 0.479. The van der Waals surface area contributed by atoms with Crippen LogP contribution in [0.15, 0.2) is 42.5 Å². The molecule has 1 amide bonds. The van der Waals surface area contributed by atoms with E-state index in [9.17, 15) is 19.3 Å². The van der Waals surface area contributed by atoms with E-state index in [4.69, 9.17) is 0 Å². The highest BCUT2D eigenvalue weighted by Crippen LogP contribution is 2.30. The van der Waals surface area contributed by atoms with Gasteiger partial charge in [-0.1, -0.05) is 12.1 Å². The number of hydrogen-bond donors (Lipinski definition) is 2. The molecule has 2 aromatic rings. The summed E-state index contributed by atoms with van der Waals surface area (Å²) in [5.41, 5.74) is 2.05. The third-order valence-electron chi connectivity index (χ3n) is 5.21. The summed E-state index contributed by atoms with van der Waals surface area (Å²) in [5, 5.41) is 16.9. The maximum absolute atomic E-state index is 12.8. The van der Waals surface area contributed by atoms with Crippen LogP contribution in [0.4, 0.5) is 15.8 Å². The summed E-state index contributed by atoms with van der Waals surface area (Å²) in [7, 11) is 1.62. The van der Waals surface area contributed by atoms with Crippen molar-refractivity contribution in [3.05, 3.63) is 58.4 Å². The molecule has 2 heterocycles. The summed E-state index contributed by atoms with van der Waals surface area (Å²) in [6, 6.07) is 10.7. The van der Waals surface area contributed by atoms with Gasteiger partial charge in [-0.05, 0) is 47.2 Å². The first kappa shape index (κ1) is 19.8. The Morgan fingerprint density at radius 2 is 1.75 bits per heavy atom. The molecule has 148 valence electrons. The second-order valence-electron chi connectivity index (χ2n) is 6.98. The Morgan fingerprint density at radius 1 is 1.14 bits per heavy atom. The molecule has 7 nitrogen and oxygen atoms in total. The van der Waals surface area contributed by atoms with Gasteiger partial charge in [0.2, 0.25) is 6.41 Å². The molecule has 2 N–H and O–H groups in total. The number of rotatable bonds is 4. The number of nitro benzene ring substituents is 1. The molecule has 2 unspecified atom stereocenters. The maximum Gasteiger partial charge on any atom is 0.292 e. The van der Waals surface area contributed by atoms with E-state index in [1.807, 2.05) is 4.90 Å². The second kappa shape index (κ2) is 8.79. The van der Waals surface area contributed by atoms with E-state index in [0.29, 0.717) is 5.69 Å². The minimum atomic E-state index is -0.444. The van der Waals surface area contributed by atoms with Gasteiger partial charge in [0.15, 0.2) is 0 Å². The summed E-state index contributed by atoms with van der Waals surface area (Å²) >= 11 is 0. The summed E-state index contributed by atoms with van der Waals surface area (Å²) in [5.74, 6) is 1.17. The van der Waals surface area contributed by atoms with Crippen LogP contribution in [0.2, 0.25) is 0 Å². The first-order valence-corrected chi connectivity index (χ1v) is 9.14. The molecule has 28 heavy (non-hydrogen) atoms. The lowest BCUT2D eigenvalue weighted by atomic mass is 10.0. The fourth-order valence-electron chi connectivity index (χ4n) is 3.70. The van der Waals surface area contributed by atoms with E-state index < -0.39 is 4.92 Å². The molecular weight excluding hydrogens is 363 g/mol. The molecule has 2 fully saturated rings. The van der Waals surface area contributed by atoms with Crippen LogP contribution in [0.3, 0.4) is 0 Å². The number of nitro groups is 1. The standard InChI is InChI=1S/C13H11FN2O2.C7H12N2O/c1-15-12-8-10(4-7-13(12)16(17)18)9-2-5-11(14)6-3-9;10-5-9-3-6-1-8-2-7(6)4-9/h2-8,15H,1H3;5-8H,1-4H2. The number of likely N-dealkylation sites (tertiary alicyclic amines) is 1. The normalized spacial score (nSPS) is 20.1. The lowest BCUT2D eigenvalue weighted by molar-refractivity contribution is -0.383. The first-order chi connectivity index (χ1) is 13.5. The zero-order valence-corrected chi connectivity index (χ0v) is 15.6. The van der Waals surface area contributed by atoms with Gasteiger partial charge in [-0.25, -0.2) is 4.39 Å². The number of carbonyl (C=O) groups is 1. The number of fused-ring (bicyclic) bond motifs is 1. The first-order valence-electron chi connectivity index (χ1n) is 9.14. The number of nitrogens with one attached hydrogen (secondary N) is 2. The van der Waals surface area contributed by atoms with E-state index in [1.165, 1.54) is 18.2 Å². The van der Waals surface area contributed by atoms with Crippen molar-refractivity contribution in [3.8, 4) is 11.1 Å².